The molecule has 1 aliphatic rings. The third-order valence-corrected chi connectivity index (χ3v) is 4.49. The maximum absolute atomic E-state index is 12.9. The fourth-order valence-corrected chi connectivity index (χ4v) is 3.11. The molecule has 7 nitrogen and oxygen atoms in total. The number of amides is 1. The molecule has 3 heterocycles. The molecule has 1 fully saturated rings. The van der Waals surface area contributed by atoms with E-state index in [2.05, 4.69) is 36.3 Å². The van der Waals surface area contributed by atoms with E-state index in [1.807, 2.05) is 0 Å². The highest BCUT2D eigenvalue weighted by atomic mass is 79.9. The molecule has 1 saturated carbocycles. The Morgan fingerprint density at radius 3 is 2.83 bits per heavy atom. The number of alkyl halides is 2. The van der Waals surface area contributed by atoms with E-state index in [0.29, 0.717) is 15.8 Å². The van der Waals surface area contributed by atoms with Crippen LogP contribution in [0.3, 0.4) is 0 Å². The van der Waals surface area contributed by atoms with Gasteiger partial charge in [0.1, 0.15) is 12.0 Å². The summed E-state index contributed by atoms with van der Waals surface area (Å²) >= 11 is 3.37. The molecule has 0 bridgehead atoms. The molecule has 0 aliphatic heterocycles. The van der Waals surface area contributed by atoms with Crippen LogP contribution >= 0.6 is 15.9 Å². The maximum Gasteiger partial charge on any atom is 0.270 e. The lowest BCUT2D eigenvalue weighted by Crippen LogP contribution is -2.50. The number of fused-ring (bicyclic) bond motifs is 1. The molecule has 0 atom stereocenters. The molecule has 3 aromatic rings. The first-order valence-corrected chi connectivity index (χ1v) is 7.86. The minimum absolute atomic E-state index is 0.189. The smallest absolute Gasteiger partial charge is 0.270 e. The van der Waals surface area contributed by atoms with E-state index in [1.54, 1.807) is 0 Å². The van der Waals surface area contributed by atoms with E-state index in [9.17, 15) is 13.6 Å². The van der Waals surface area contributed by atoms with E-state index < -0.39 is 17.9 Å². The second-order valence-corrected chi connectivity index (χ2v) is 6.29. The van der Waals surface area contributed by atoms with Crippen molar-refractivity contribution in [1.29, 1.82) is 0 Å². The largest absolute Gasteiger partial charge is 0.443 e. The van der Waals surface area contributed by atoms with Gasteiger partial charge in [0.2, 0.25) is 5.89 Å². The van der Waals surface area contributed by atoms with Crippen molar-refractivity contribution in [2.45, 2.75) is 24.8 Å². The highest BCUT2D eigenvalue weighted by Crippen LogP contribution is 2.37. The highest BCUT2D eigenvalue weighted by molar-refractivity contribution is 9.10. The predicted octanol–water partition coefficient (Wildman–Crippen LogP) is 2.67. The van der Waals surface area contributed by atoms with Gasteiger partial charge < -0.3 is 9.73 Å². The van der Waals surface area contributed by atoms with E-state index in [-0.39, 0.29) is 24.4 Å². The molecule has 0 radical (unpaired) electrons. The summed E-state index contributed by atoms with van der Waals surface area (Å²) < 4.78 is 32.9. The molecule has 0 aromatic carbocycles. The topological polar surface area (TPSA) is 85.3 Å². The number of oxazole rings is 1. The van der Waals surface area contributed by atoms with Crippen LogP contribution in [0.1, 0.15) is 23.3 Å². The highest BCUT2D eigenvalue weighted by Gasteiger charge is 2.46. The van der Waals surface area contributed by atoms with Gasteiger partial charge in [0.15, 0.2) is 11.3 Å². The molecule has 3 aromatic heterocycles. The molecular weight excluding hydrogens is 388 g/mol. The molecule has 0 unspecified atom stereocenters. The SMILES string of the molecule is O=C(NC1CC(F)(F)C1)c1ccnc2c(Br)c(-c3ncco3)nn12. The van der Waals surface area contributed by atoms with Gasteiger partial charge in [-0.15, -0.1) is 0 Å². The summed E-state index contributed by atoms with van der Waals surface area (Å²) in [5, 5.41) is 6.88. The Balaban J connectivity index is 1.69. The summed E-state index contributed by atoms with van der Waals surface area (Å²) in [6.07, 6.45) is 3.63. The molecule has 10 heteroatoms. The van der Waals surface area contributed by atoms with Gasteiger partial charge in [0.25, 0.3) is 11.8 Å². The number of hydrogen-bond acceptors (Lipinski definition) is 5. The average Bonchev–Trinajstić information content (AvgIpc) is 3.13. The van der Waals surface area contributed by atoms with E-state index in [4.69, 9.17) is 4.42 Å². The lowest BCUT2D eigenvalue weighted by molar-refractivity contribution is -0.0901. The van der Waals surface area contributed by atoms with Crippen LogP contribution in [0.25, 0.3) is 17.2 Å². The molecule has 1 aliphatic carbocycles. The zero-order chi connectivity index (χ0) is 16.9. The monoisotopic (exact) mass is 397 g/mol. The number of hydrogen-bond donors (Lipinski definition) is 1. The average molecular weight is 398 g/mol. The Hall–Kier alpha value is -2.36. The lowest BCUT2D eigenvalue weighted by atomic mass is 9.88. The van der Waals surface area contributed by atoms with Crippen molar-refractivity contribution in [2.75, 3.05) is 0 Å². The summed E-state index contributed by atoms with van der Waals surface area (Å²) in [6.45, 7) is 0. The minimum Gasteiger partial charge on any atom is -0.443 e. The van der Waals surface area contributed by atoms with Crippen molar-refractivity contribution >= 4 is 27.5 Å². The van der Waals surface area contributed by atoms with E-state index in [0.717, 1.165) is 0 Å². The Morgan fingerprint density at radius 1 is 1.38 bits per heavy atom. The number of rotatable bonds is 3. The zero-order valence-electron chi connectivity index (χ0n) is 12.0. The third-order valence-electron chi connectivity index (χ3n) is 3.76. The summed E-state index contributed by atoms with van der Waals surface area (Å²) in [5.41, 5.74) is 0.978. The van der Waals surface area contributed by atoms with Gasteiger partial charge in [-0.1, -0.05) is 0 Å². The maximum atomic E-state index is 12.9. The summed E-state index contributed by atoms with van der Waals surface area (Å²) in [5.74, 6) is -2.91. The van der Waals surface area contributed by atoms with Crippen LogP contribution in [0, 0.1) is 0 Å². The normalized spacial score (nSPS) is 17.0. The van der Waals surface area contributed by atoms with Crippen molar-refractivity contribution in [2.24, 2.45) is 0 Å². The van der Waals surface area contributed by atoms with Crippen molar-refractivity contribution in [3.8, 4) is 11.6 Å². The molecule has 124 valence electrons. The fraction of sp³-hybridized carbons (Fsp3) is 0.286. The van der Waals surface area contributed by atoms with Gasteiger partial charge in [-0.2, -0.15) is 5.10 Å². The van der Waals surface area contributed by atoms with Crippen LogP contribution in [-0.4, -0.2) is 37.5 Å². The predicted molar refractivity (Wildman–Crippen MR) is 81.6 cm³/mol. The standard InChI is InChI=1S/C14H10BrF2N5O2/c15-9-10(13-19-3-4-24-13)21-22-8(1-2-18-11(9)22)12(23)20-7-5-14(16,17)6-7/h1-4,7H,5-6H2,(H,20,23). The van der Waals surface area contributed by atoms with E-state index >= 15 is 0 Å². The van der Waals surface area contributed by atoms with Crippen LogP contribution in [0.4, 0.5) is 8.78 Å². The molecule has 1 amide bonds. The van der Waals surface area contributed by atoms with Crippen LogP contribution in [0.15, 0.2) is 33.6 Å². The second-order valence-electron chi connectivity index (χ2n) is 5.50. The van der Waals surface area contributed by atoms with E-state index in [1.165, 1.54) is 29.2 Å². The van der Waals surface area contributed by atoms with Crippen LogP contribution < -0.4 is 5.32 Å². The number of carbonyl (C=O) groups is 1. The summed E-state index contributed by atoms with van der Waals surface area (Å²) in [6, 6.07) is 0.929. The van der Waals surface area contributed by atoms with Crippen LogP contribution in [0.2, 0.25) is 0 Å². The number of aromatic nitrogens is 4. The van der Waals surface area contributed by atoms with Gasteiger partial charge in [0, 0.05) is 25.1 Å². The molecular formula is C14H10BrF2N5O2. The van der Waals surface area contributed by atoms with Crippen LogP contribution in [-0.2, 0) is 0 Å². The Morgan fingerprint density at radius 2 is 2.17 bits per heavy atom. The molecule has 24 heavy (non-hydrogen) atoms. The molecule has 0 spiro atoms. The van der Waals surface area contributed by atoms with Gasteiger partial charge >= 0.3 is 0 Å². The first-order valence-electron chi connectivity index (χ1n) is 7.06. The Labute approximate surface area is 142 Å². The van der Waals surface area contributed by atoms with Crippen molar-refractivity contribution < 1.29 is 18.0 Å². The van der Waals surface area contributed by atoms with Gasteiger partial charge in [-0.25, -0.2) is 23.3 Å². The number of nitrogens with one attached hydrogen (secondary N) is 1. The number of carbonyl (C=O) groups excluding carboxylic acids is 1. The second kappa shape index (κ2) is 5.33. The molecule has 4 rings (SSSR count). The van der Waals surface area contributed by atoms with Gasteiger partial charge in [-0.05, 0) is 22.0 Å². The first-order chi connectivity index (χ1) is 11.4. The Kier molecular flexibility index (Phi) is 3.37. The number of nitrogens with zero attached hydrogens (tertiary/aromatic N) is 4. The van der Waals surface area contributed by atoms with Crippen molar-refractivity contribution in [1.82, 2.24) is 24.9 Å². The van der Waals surface area contributed by atoms with Crippen LogP contribution in [0.5, 0.6) is 0 Å². The number of halogens is 3. The quantitative estimate of drug-likeness (QED) is 0.734. The fourth-order valence-electron chi connectivity index (χ4n) is 2.59. The van der Waals surface area contributed by atoms with Crippen molar-refractivity contribution in [3.63, 3.8) is 0 Å². The molecule has 0 saturated heterocycles. The molecule has 1 N–H and O–H groups in total. The summed E-state index contributed by atoms with van der Waals surface area (Å²) in [4.78, 5) is 20.6. The summed E-state index contributed by atoms with van der Waals surface area (Å²) in [7, 11) is 0. The van der Waals surface area contributed by atoms with Gasteiger partial charge in [0.05, 0.1) is 10.7 Å². The Bertz CT molecular complexity index is 917. The first kappa shape index (κ1) is 15.2. The minimum atomic E-state index is -2.70. The van der Waals surface area contributed by atoms with Gasteiger partial charge in [-0.3, -0.25) is 4.79 Å². The third kappa shape index (κ3) is 2.46. The lowest BCUT2D eigenvalue weighted by Gasteiger charge is -2.35. The zero-order valence-corrected chi connectivity index (χ0v) is 13.6. The van der Waals surface area contributed by atoms with Crippen molar-refractivity contribution in [3.05, 3.63) is 34.9 Å².